The van der Waals surface area contributed by atoms with Gasteiger partial charge in [-0.05, 0) is 49.9 Å². The van der Waals surface area contributed by atoms with Crippen molar-refractivity contribution in [3.05, 3.63) is 59.0 Å². The number of carbonyl (C=O) groups is 1. The van der Waals surface area contributed by atoms with Gasteiger partial charge in [-0.2, -0.15) is 5.26 Å². The Morgan fingerprint density at radius 3 is 3.00 bits per heavy atom. The summed E-state index contributed by atoms with van der Waals surface area (Å²) in [7, 11) is 0. The van der Waals surface area contributed by atoms with Crippen molar-refractivity contribution in [3.8, 4) is 6.07 Å². The molecule has 1 aliphatic heterocycles. The third-order valence-corrected chi connectivity index (χ3v) is 4.75. The van der Waals surface area contributed by atoms with Crippen LogP contribution >= 0.6 is 0 Å². The maximum absolute atomic E-state index is 12.2. The van der Waals surface area contributed by atoms with Crippen LogP contribution in [-0.4, -0.2) is 30.4 Å². The van der Waals surface area contributed by atoms with Gasteiger partial charge in [0.1, 0.15) is 0 Å². The largest absolute Gasteiger partial charge is 0.459 e. The first-order valence-electron chi connectivity index (χ1n) is 8.70. The molecule has 0 unspecified atom stereocenters. The van der Waals surface area contributed by atoms with E-state index in [1.165, 1.54) is 0 Å². The smallest absolute Gasteiger partial charge is 0.287 e. The Morgan fingerprint density at radius 2 is 2.24 bits per heavy atom. The summed E-state index contributed by atoms with van der Waals surface area (Å²) >= 11 is 0. The van der Waals surface area contributed by atoms with Crippen LogP contribution in [0.2, 0.25) is 0 Å². The lowest BCUT2D eigenvalue weighted by Crippen LogP contribution is -2.40. The molecule has 5 heteroatoms. The van der Waals surface area contributed by atoms with E-state index in [1.807, 2.05) is 31.2 Å². The van der Waals surface area contributed by atoms with Gasteiger partial charge >= 0.3 is 0 Å². The third kappa shape index (κ3) is 4.28. The van der Waals surface area contributed by atoms with E-state index in [1.54, 1.807) is 12.3 Å². The molecule has 1 fully saturated rings. The number of piperidine rings is 1. The zero-order valence-corrected chi connectivity index (χ0v) is 14.5. The fourth-order valence-corrected chi connectivity index (χ4v) is 3.39. The Hall–Kier alpha value is -2.58. The number of likely N-dealkylation sites (tertiary alicyclic amines) is 1. The van der Waals surface area contributed by atoms with Crippen molar-refractivity contribution in [2.45, 2.75) is 26.3 Å². The van der Waals surface area contributed by atoms with Crippen LogP contribution in [0.25, 0.3) is 0 Å². The van der Waals surface area contributed by atoms with E-state index >= 15 is 0 Å². The number of aryl methyl sites for hydroxylation is 1. The van der Waals surface area contributed by atoms with Crippen molar-refractivity contribution in [1.29, 1.82) is 5.26 Å². The van der Waals surface area contributed by atoms with Crippen LogP contribution in [0.1, 0.15) is 40.1 Å². The molecule has 2 aromatic rings. The normalized spacial score (nSPS) is 17.8. The first-order chi connectivity index (χ1) is 12.2. The van der Waals surface area contributed by atoms with Crippen molar-refractivity contribution in [2.24, 2.45) is 5.92 Å². The molecule has 1 aromatic heterocycles. The molecule has 1 aliphatic rings. The van der Waals surface area contributed by atoms with Crippen molar-refractivity contribution < 1.29 is 9.21 Å². The Bertz CT molecular complexity index is 775. The molecule has 25 heavy (non-hydrogen) atoms. The van der Waals surface area contributed by atoms with Crippen molar-refractivity contribution in [3.63, 3.8) is 0 Å². The second-order valence-electron chi connectivity index (χ2n) is 6.66. The summed E-state index contributed by atoms with van der Waals surface area (Å²) < 4.78 is 5.24. The average molecular weight is 337 g/mol. The zero-order valence-electron chi connectivity index (χ0n) is 14.5. The first-order valence-corrected chi connectivity index (χ1v) is 8.70. The van der Waals surface area contributed by atoms with Crippen molar-refractivity contribution in [1.82, 2.24) is 10.2 Å². The maximum atomic E-state index is 12.2. The highest BCUT2D eigenvalue weighted by atomic mass is 16.3. The van der Waals surface area contributed by atoms with Gasteiger partial charge in [-0.1, -0.05) is 18.2 Å². The van der Waals surface area contributed by atoms with Gasteiger partial charge < -0.3 is 9.73 Å². The highest BCUT2D eigenvalue weighted by Gasteiger charge is 2.22. The fraction of sp³-hybridized carbons (Fsp3) is 0.400. The van der Waals surface area contributed by atoms with Gasteiger partial charge in [-0.25, -0.2) is 0 Å². The first kappa shape index (κ1) is 17.2. The topological polar surface area (TPSA) is 69.3 Å². The van der Waals surface area contributed by atoms with Crippen LogP contribution in [0.3, 0.4) is 0 Å². The van der Waals surface area contributed by atoms with E-state index in [0.29, 0.717) is 18.2 Å². The van der Waals surface area contributed by atoms with Gasteiger partial charge in [-0.3, -0.25) is 9.69 Å². The number of nitriles is 1. The standard InChI is InChI=1S/C20H23N3O2/c1-15-8-10-25-19(15)20(24)22-12-16-5-4-9-23(13-16)14-18-7-3-2-6-17(18)11-21/h2-3,6-8,10,16H,4-5,9,12-14H2,1H3,(H,22,24)/t16-/m1/s1. The zero-order chi connectivity index (χ0) is 17.6. The summed E-state index contributed by atoms with van der Waals surface area (Å²) in [5.41, 5.74) is 2.67. The molecule has 0 bridgehead atoms. The number of hydrogen-bond acceptors (Lipinski definition) is 4. The van der Waals surface area contributed by atoms with E-state index in [4.69, 9.17) is 4.42 Å². The second kappa shape index (κ2) is 8.00. The predicted molar refractivity (Wildman–Crippen MR) is 94.9 cm³/mol. The summed E-state index contributed by atoms with van der Waals surface area (Å²) in [5, 5.41) is 12.2. The predicted octanol–water partition coefficient (Wildman–Crippen LogP) is 3.10. The molecular formula is C20H23N3O2. The summed E-state index contributed by atoms with van der Waals surface area (Å²) in [6, 6.07) is 11.8. The SMILES string of the molecule is Cc1ccoc1C(=O)NC[C@H]1CCCN(Cc2ccccc2C#N)C1. The van der Waals surface area contributed by atoms with Crippen molar-refractivity contribution in [2.75, 3.05) is 19.6 Å². The number of amides is 1. The van der Waals surface area contributed by atoms with Crippen LogP contribution in [0.15, 0.2) is 41.0 Å². The van der Waals surface area contributed by atoms with Gasteiger partial charge in [0.15, 0.2) is 5.76 Å². The second-order valence-corrected chi connectivity index (χ2v) is 6.66. The Balaban J connectivity index is 1.54. The molecule has 0 radical (unpaired) electrons. The van der Waals surface area contributed by atoms with Crippen LogP contribution in [0.5, 0.6) is 0 Å². The molecule has 0 aliphatic carbocycles. The quantitative estimate of drug-likeness (QED) is 0.910. The molecule has 1 saturated heterocycles. The molecule has 1 atom stereocenters. The highest BCUT2D eigenvalue weighted by molar-refractivity contribution is 5.92. The lowest BCUT2D eigenvalue weighted by molar-refractivity contribution is 0.0902. The third-order valence-electron chi connectivity index (χ3n) is 4.75. The lowest BCUT2D eigenvalue weighted by Gasteiger charge is -2.33. The molecule has 5 nitrogen and oxygen atoms in total. The number of nitrogens with one attached hydrogen (secondary N) is 1. The Labute approximate surface area is 148 Å². The monoisotopic (exact) mass is 337 g/mol. The summed E-state index contributed by atoms with van der Waals surface area (Å²) in [6.45, 7) is 5.26. The Kier molecular flexibility index (Phi) is 5.52. The highest BCUT2D eigenvalue weighted by Crippen LogP contribution is 2.20. The van der Waals surface area contributed by atoms with Gasteiger partial charge in [0.05, 0.1) is 17.9 Å². The molecule has 0 spiro atoms. The molecule has 1 aromatic carbocycles. The van der Waals surface area contributed by atoms with Gasteiger partial charge in [-0.15, -0.1) is 0 Å². The van der Waals surface area contributed by atoms with E-state index < -0.39 is 0 Å². The molecule has 1 N–H and O–H groups in total. The summed E-state index contributed by atoms with van der Waals surface area (Å²) in [4.78, 5) is 14.5. The van der Waals surface area contributed by atoms with Crippen LogP contribution in [0.4, 0.5) is 0 Å². The minimum atomic E-state index is -0.144. The molecule has 2 heterocycles. The van der Waals surface area contributed by atoms with E-state index in [9.17, 15) is 10.1 Å². The number of benzene rings is 1. The fourth-order valence-electron chi connectivity index (χ4n) is 3.39. The number of nitrogens with zero attached hydrogens (tertiary/aromatic N) is 2. The summed E-state index contributed by atoms with van der Waals surface area (Å²) in [6.07, 6.45) is 3.75. The van der Waals surface area contributed by atoms with Crippen LogP contribution in [-0.2, 0) is 6.54 Å². The molecule has 130 valence electrons. The number of hydrogen-bond donors (Lipinski definition) is 1. The van der Waals surface area contributed by atoms with Gasteiger partial charge in [0.25, 0.3) is 5.91 Å². The van der Waals surface area contributed by atoms with E-state index in [0.717, 1.165) is 49.2 Å². The van der Waals surface area contributed by atoms with Crippen LogP contribution < -0.4 is 5.32 Å². The number of carbonyl (C=O) groups excluding carboxylic acids is 1. The lowest BCUT2D eigenvalue weighted by atomic mass is 9.97. The molecular weight excluding hydrogens is 314 g/mol. The van der Waals surface area contributed by atoms with Crippen LogP contribution in [0, 0.1) is 24.2 Å². The minimum absolute atomic E-state index is 0.144. The van der Waals surface area contributed by atoms with Crippen molar-refractivity contribution >= 4 is 5.91 Å². The molecule has 0 saturated carbocycles. The molecule has 1 amide bonds. The summed E-state index contributed by atoms with van der Waals surface area (Å²) in [5.74, 6) is 0.673. The maximum Gasteiger partial charge on any atom is 0.287 e. The van der Waals surface area contributed by atoms with Gasteiger partial charge in [0, 0.05) is 25.2 Å². The van der Waals surface area contributed by atoms with Gasteiger partial charge in [0.2, 0.25) is 0 Å². The number of rotatable bonds is 5. The number of furan rings is 1. The average Bonchev–Trinajstić information content (AvgIpc) is 3.06. The van der Waals surface area contributed by atoms with E-state index in [-0.39, 0.29) is 5.91 Å². The Morgan fingerprint density at radius 1 is 1.40 bits per heavy atom. The van der Waals surface area contributed by atoms with E-state index in [2.05, 4.69) is 16.3 Å². The minimum Gasteiger partial charge on any atom is -0.459 e. The molecule has 3 rings (SSSR count).